The Labute approximate surface area is 227 Å². The van der Waals surface area contributed by atoms with Crippen LogP contribution in [-0.4, -0.2) is 95.8 Å². The second kappa shape index (κ2) is 12.0. The van der Waals surface area contributed by atoms with Crippen molar-refractivity contribution in [2.24, 2.45) is 0 Å². The Bertz CT molecular complexity index is 1450. The number of benzene rings is 1. The SMILES string of the molecule is CNS(=O)(=O)NC1C=CC=C(Cc2c(CN3CCN(C)CC3)c3ccc(OC(=O)N(C)C)cc3oc2=O)C1F. The molecule has 1 saturated heterocycles. The molecule has 4 rings (SSSR count). The third-order valence-corrected chi connectivity index (χ3v) is 8.00. The van der Waals surface area contributed by atoms with Gasteiger partial charge in [-0.05, 0) is 30.3 Å². The molecule has 0 bridgehead atoms. The van der Waals surface area contributed by atoms with E-state index in [1.54, 1.807) is 38.4 Å². The van der Waals surface area contributed by atoms with Gasteiger partial charge in [-0.25, -0.2) is 18.7 Å². The first kappa shape index (κ1) is 28.9. The zero-order valence-corrected chi connectivity index (χ0v) is 23.3. The lowest BCUT2D eigenvalue weighted by atomic mass is 9.91. The molecule has 39 heavy (non-hydrogen) atoms. The number of piperazine rings is 1. The van der Waals surface area contributed by atoms with Gasteiger partial charge in [0.05, 0.1) is 6.04 Å². The molecule has 1 aliphatic heterocycles. The van der Waals surface area contributed by atoms with Crippen LogP contribution in [0.4, 0.5) is 9.18 Å². The van der Waals surface area contributed by atoms with Gasteiger partial charge in [0.25, 0.3) is 10.2 Å². The molecule has 1 aromatic carbocycles. The lowest BCUT2D eigenvalue weighted by Gasteiger charge is -2.33. The molecular weight excluding hydrogens is 529 g/mol. The van der Waals surface area contributed by atoms with Crippen molar-refractivity contribution in [2.45, 2.75) is 25.2 Å². The van der Waals surface area contributed by atoms with Gasteiger partial charge in [0.1, 0.15) is 17.5 Å². The van der Waals surface area contributed by atoms with E-state index in [0.29, 0.717) is 23.1 Å². The summed E-state index contributed by atoms with van der Waals surface area (Å²) in [5, 5.41) is 0.656. The van der Waals surface area contributed by atoms with E-state index in [9.17, 15) is 18.0 Å². The Morgan fingerprint density at radius 2 is 1.92 bits per heavy atom. The van der Waals surface area contributed by atoms with E-state index in [1.165, 1.54) is 24.1 Å². The predicted octanol–water partition coefficient (Wildman–Crippen LogP) is 1.40. The van der Waals surface area contributed by atoms with Gasteiger partial charge in [0, 0.05) is 77.3 Å². The molecule has 13 heteroatoms. The Balaban J connectivity index is 1.71. The molecule has 2 atom stereocenters. The van der Waals surface area contributed by atoms with Crippen LogP contribution >= 0.6 is 0 Å². The second-order valence-electron chi connectivity index (χ2n) is 9.90. The van der Waals surface area contributed by atoms with Crippen LogP contribution in [0.15, 0.2) is 51.2 Å². The number of nitrogens with zero attached hydrogens (tertiary/aromatic N) is 3. The number of allylic oxidation sites excluding steroid dienone is 2. The van der Waals surface area contributed by atoms with Crippen molar-refractivity contribution < 1.29 is 26.8 Å². The van der Waals surface area contributed by atoms with Gasteiger partial charge in [-0.1, -0.05) is 18.2 Å². The zero-order chi connectivity index (χ0) is 28.3. The Morgan fingerprint density at radius 3 is 2.59 bits per heavy atom. The molecule has 11 nitrogen and oxygen atoms in total. The predicted molar refractivity (Wildman–Crippen MR) is 146 cm³/mol. The number of nitrogens with one attached hydrogen (secondary N) is 2. The second-order valence-corrected chi connectivity index (χ2v) is 11.6. The van der Waals surface area contributed by atoms with E-state index in [-0.39, 0.29) is 23.3 Å². The van der Waals surface area contributed by atoms with Crippen LogP contribution in [-0.2, 0) is 23.2 Å². The summed E-state index contributed by atoms with van der Waals surface area (Å²) in [6.07, 6.45) is 2.25. The van der Waals surface area contributed by atoms with Crippen molar-refractivity contribution in [2.75, 3.05) is 54.4 Å². The molecule has 0 radical (unpaired) electrons. The van der Waals surface area contributed by atoms with E-state index in [1.807, 2.05) is 0 Å². The maximum absolute atomic E-state index is 15.5. The maximum Gasteiger partial charge on any atom is 0.414 e. The monoisotopic (exact) mass is 563 g/mol. The standard InChI is InChI=1S/C26H34FN5O6S/c1-28-39(35,36)29-22-7-5-6-17(24(22)27)14-20-21(16-32-12-10-31(4)11-13-32)19-9-8-18(37-26(34)30(2)3)15-23(19)38-25(20)33/h5-9,15,22,24,28-29H,10-14,16H2,1-4H3. The molecule has 1 aromatic heterocycles. The number of alkyl halides is 1. The molecule has 212 valence electrons. The summed E-state index contributed by atoms with van der Waals surface area (Å²) in [5.74, 6) is 0.228. The minimum atomic E-state index is -3.88. The third-order valence-electron chi connectivity index (χ3n) is 6.88. The number of likely N-dealkylation sites (N-methyl/N-ethyl adjacent to an activating group) is 1. The number of rotatable bonds is 8. The first-order chi connectivity index (χ1) is 18.5. The quantitative estimate of drug-likeness (QED) is 0.462. The van der Waals surface area contributed by atoms with Gasteiger partial charge in [0.15, 0.2) is 0 Å². The lowest BCUT2D eigenvalue weighted by Crippen LogP contribution is -2.46. The summed E-state index contributed by atoms with van der Waals surface area (Å²) in [6, 6.07) is 3.74. The Kier molecular flexibility index (Phi) is 8.86. The number of halogens is 1. The van der Waals surface area contributed by atoms with E-state index >= 15 is 4.39 Å². The molecule has 2 aliphatic rings. The summed E-state index contributed by atoms with van der Waals surface area (Å²) >= 11 is 0. The van der Waals surface area contributed by atoms with Crippen molar-refractivity contribution in [1.29, 1.82) is 0 Å². The molecular formula is C26H34FN5O6S. The largest absolute Gasteiger partial charge is 0.422 e. The number of fused-ring (bicyclic) bond motifs is 1. The highest BCUT2D eigenvalue weighted by atomic mass is 32.2. The van der Waals surface area contributed by atoms with Gasteiger partial charge < -0.3 is 19.0 Å². The number of ether oxygens (including phenoxy) is 1. The van der Waals surface area contributed by atoms with Crippen LogP contribution in [0.3, 0.4) is 0 Å². The fourth-order valence-corrected chi connectivity index (χ4v) is 5.22. The number of hydrogen-bond donors (Lipinski definition) is 2. The molecule has 1 aliphatic carbocycles. The van der Waals surface area contributed by atoms with Crippen LogP contribution in [0.5, 0.6) is 5.75 Å². The normalized spacial score (nSPS) is 20.7. The topological polar surface area (TPSA) is 124 Å². The Hall–Kier alpha value is -3.10. The summed E-state index contributed by atoms with van der Waals surface area (Å²) in [6.45, 7) is 3.77. The maximum atomic E-state index is 15.5. The van der Waals surface area contributed by atoms with Gasteiger partial charge >= 0.3 is 11.7 Å². The van der Waals surface area contributed by atoms with E-state index in [0.717, 1.165) is 26.2 Å². The third kappa shape index (κ3) is 6.92. The molecule has 0 spiro atoms. The van der Waals surface area contributed by atoms with Gasteiger partial charge in [-0.3, -0.25) is 4.90 Å². The van der Waals surface area contributed by atoms with Crippen LogP contribution in [0.1, 0.15) is 11.1 Å². The highest BCUT2D eigenvalue weighted by Crippen LogP contribution is 2.29. The molecule has 2 aromatic rings. The lowest BCUT2D eigenvalue weighted by molar-refractivity contribution is 0.148. The van der Waals surface area contributed by atoms with Gasteiger partial charge in [-0.15, -0.1) is 0 Å². The summed E-state index contributed by atoms with van der Waals surface area (Å²) in [7, 11) is 2.52. The average molecular weight is 564 g/mol. The van der Waals surface area contributed by atoms with Crippen LogP contribution < -0.4 is 19.8 Å². The van der Waals surface area contributed by atoms with Gasteiger partial charge in [0.2, 0.25) is 0 Å². The first-order valence-corrected chi connectivity index (χ1v) is 14.1. The van der Waals surface area contributed by atoms with Crippen molar-refractivity contribution in [3.63, 3.8) is 0 Å². The zero-order valence-electron chi connectivity index (χ0n) is 22.4. The highest BCUT2D eigenvalue weighted by Gasteiger charge is 2.30. The van der Waals surface area contributed by atoms with E-state index < -0.39 is 34.1 Å². The van der Waals surface area contributed by atoms with E-state index in [2.05, 4.69) is 26.3 Å². The average Bonchev–Trinajstić information content (AvgIpc) is 2.89. The molecule has 1 fully saturated rings. The summed E-state index contributed by atoms with van der Waals surface area (Å²) in [5.41, 5.74) is 0.887. The molecule has 2 unspecified atom stereocenters. The summed E-state index contributed by atoms with van der Waals surface area (Å²) in [4.78, 5) is 31.1. The van der Waals surface area contributed by atoms with Crippen LogP contribution in [0.2, 0.25) is 0 Å². The Morgan fingerprint density at radius 1 is 1.21 bits per heavy atom. The molecule has 0 saturated carbocycles. The number of carbonyl (C=O) groups is 1. The van der Waals surface area contributed by atoms with E-state index in [4.69, 9.17) is 9.15 Å². The summed E-state index contributed by atoms with van der Waals surface area (Å²) < 4.78 is 54.8. The number of hydrogen-bond acceptors (Lipinski definition) is 8. The van der Waals surface area contributed by atoms with Gasteiger partial charge in [-0.2, -0.15) is 13.1 Å². The van der Waals surface area contributed by atoms with Crippen molar-refractivity contribution in [3.8, 4) is 5.75 Å². The van der Waals surface area contributed by atoms with Crippen molar-refractivity contribution in [1.82, 2.24) is 24.1 Å². The number of amides is 1. The number of carbonyl (C=O) groups excluding carboxylic acids is 1. The fourth-order valence-electron chi connectivity index (χ4n) is 4.54. The van der Waals surface area contributed by atoms with Crippen molar-refractivity contribution >= 4 is 27.3 Å². The smallest absolute Gasteiger partial charge is 0.414 e. The minimum Gasteiger partial charge on any atom is -0.422 e. The molecule has 2 N–H and O–H groups in total. The fraction of sp³-hybridized carbons (Fsp3) is 0.462. The van der Waals surface area contributed by atoms with Crippen molar-refractivity contribution in [3.05, 3.63) is 63.5 Å². The first-order valence-electron chi connectivity index (χ1n) is 12.6. The highest BCUT2D eigenvalue weighted by molar-refractivity contribution is 7.87. The van der Waals surface area contributed by atoms with Crippen LogP contribution in [0.25, 0.3) is 11.0 Å². The minimum absolute atomic E-state index is 0.0536. The van der Waals surface area contributed by atoms with Crippen LogP contribution in [0, 0.1) is 0 Å². The molecule has 2 heterocycles. The molecule has 1 amide bonds.